The normalized spacial score (nSPS) is 10.3. The lowest BCUT2D eigenvalue weighted by atomic mass is 9.96. The standard InChI is InChI=1S/C14H15N3O3/c1-8-4-5-9(2)12(14(19)20)11(8)13(18)16-10-6-15-17(3)7-10/h4-7H,1-3H3,(H,16,18)(H,19,20). The van der Waals surface area contributed by atoms with Gasteiger partial charge < -0.3 is 10.4 Å². The number of benzene rings is 1. The van der Waals surface area contributed by atoms with Crippen LogP contribution in [0.3, 0.4) is 0 Å². The Morgan fingerprint density at radius 3 is 2.30 bits per heavy atom. The van der Waals surface area contributed by atoms with Crippen molar-refractivity contribution >= 4 is 17.6 Å². The lowest BCUT2D eigenvalue weighted by molar-refractivity contribution is 0.0691. The SMILES string of the molecule is Cc1ccc(C)c(C(=O)Nc2cnn(C)c2)c1C(=O)O. The second kappa shape index (κ2) is 5.16. The minimum Gasteiger partial charge on any atom is -0.478 e. The Labute approximate surface area is 116 Å². The molecule has 0 radical (unpaired) electrons. The van der Waals surface area contributed by atoms with Crippen LogP contribution < -0.4 is 5.32 Å². The Bertz CT molecular complexity index is 689. The molecule has 0 aliphatic carbocycles. The van der Waals surface area contributed by atoms with Crippen LogP contribution in [0.25, 0.3) is 0 Å². The van der Waals surface area contributed by atoms with E-state index in [1.165, 1.54) is 6.20 Å². The molecule has 0 saturated carbocycles. The summed E-state index contributed by atoms with van der Waals surface area (Å²) >= 11 is 0. The van der Waals surface area contributed by atoms with Crippen molar-refractivity contribution in [2.75, 3.05) is 5.32 Å². The summed E-state index contributed by atoms with van der Waals surface area (Å²) in [6, 6.07) is 3.43. The second-order valence-corrected chi connectivity index (χ2v) is 4.61. The molecule has 0 unspecified atom stereocenters. The zero-order valence-corrected chi connectivity index (χ0v) is 11.5. The molecule has 0 atom stereocenters. The topological polar surface area (TPSA) is 84.2 Å². The van der Waals surface area contributed by atoms with Crippen LogP contribution in [-0.4, -0.2) is 26.8 Å². The third-order valence-corrected chi connectivity index (χ3v) is 3.03. The molecule has 1 aromatic carbocycles. The third kappa shape index (κ3) is 2.54. The first-order valence-electron chi connectivity index (χ1n) is 6.03. The van der Waals surface area contributed by atoms with E-state index >= 15 is 0 Å². The van der Waals surface area contributed by atoms with Gasteiger partial charge in [0.25, 0.3) is 5.91 Å². The minimum absolute atomic E-state index is 0.0337. The van der Waals surface area contributed by atoms with Crippen molar-refractivity contribution in [3.8, 4) is 0 Å². The van der Waals surface area contributed by atoms with E-state index in [-0.39, 0.29) is 11.1 Å². The number of carbonyl (C=O) groups excluding carboxylic acids is 1. The van der Waals surface area contributed by atoms with Gasteiger partial charge in [-0.1, -0.05) is 12.1 Å². The molecule has 2 rings (SSSR count). The van der Waals surface area contributed by atoms with Crippen LogP contribution in [0.2, 0.25) is 0 Å². The number of carboxylic acid groups (broad SMARTS) is 1. The summed E-state index contributed by atoms with van der Waals surface area (Å²) < 4.78 is 1.55. The van der Waals surface area contributed by atoms with Gasteiger partial charge in [-0.05, 0) is 25.0 Å². The van der Waals surface area contributed by atoms with Gasteiger partial charge in [0.05, 0.1) is 23.0 Å². The molecule has 0 aliphatic heterocycles. The average molecular weight is 273 g/mol. The number of amides is 1. The van der Waals surface area contributed by atoms with Crippen molar-refractivity contribution in [3.05, 3.63) is 46.8 Å². The highest BCUT2D eigenvalue weighted by Crippen LogP contribution is 2.20. The van der Waals surface area contributed by atoms with Crippen molar-refractivity contribution in [2.45, 2.75) is 13.8 Å². The molecule has 2 N–H and O–H groups in total. The summed E-state index contributed by atoms with van der Waals surface area (Å²) in [5.41, 5.74) is 1.91. The molecule has 6 nitrogen and oxygen atoms in total. The van der Waals surface area contributed by atoms with Crippen molar-refractivity contribution in [3.63, 3.8) is 0 Å². The van der Waals surface area contributed by atoms with Crippen molar-refractivity contribution in [2.24, 2.45) is 7.05 Å². The molecule has 0 spiro atoms. The van der Waals surface area contributed by atoms with E-state index in [2.05, 4.69) is 10.4 Å². The summed E-state index contributed by atoms with van der Waals surface area (Å²) in [7, 11) is 1.73. The fraction of sp³-hybridized carbons (Fsp3) is 0.214. The highest BCUT2D eigenvalue weighted by Gasteiger charge is 2.21. The van der Waals surface area contributed by atoms with Gasteiger partial charge in [0.2, 0.25) is 0 Å². The van der Waals surface area contributed by atoms with Crippen molar-refractivity contribution < 1.29 is 14.7 Å². The predicted molar refractivity (Wildman–Crippen MR) is 74.0 cm³/mol. The molecule has 0 saturated heterocycles. The fourth-order valence-corrected chi connectivity index (χ4v) is 2.06. The second-order valence-electron chi connectivity index (χ2n) is 4.61. The van der Waals surface area contributed by atoms with Gasteiger partial charge in [0.1, 0.15) is 0 Å². The first kappa shape index (κ1) is 13.8. The number of rotatable bonds is 3. The van der Waals surface area contributed by atoms with Crippen molar-refractivity contribution in [1.82, 2.24) is 9.78 Å². The Balaban J connectivity index is 2.43. The zero-order chi connectivity index (χ0) is 14.9. The van der Waals surface area contributed by atoms with E-state index in [1.807, 2.05) is 0 Å². The number of nitrogens with zero attached hydrogens (tertiary/aromatic N) is 2. The molecule has 2 aromatic rings. The maximum Gasteiger partial charge on any atom is 0.336 e. The molecule has 0 fully saturated rings. The summed E-state index contributed by atoms with van der Waals surface area (Å²) in [5, 5.41) is 15.9. The molecular weight excluding hydrogens is 258 g/mol. The van der Waals surface area contributed by atoms with E-state index in [0.29, 0.717) is 16.8 Å². The first-order chi connectivity index (χ1) is 9.40. The predicted octanol–water partition coefficient (Wildman–Crippen LogP) is 1.99. The summed E-state index contributed by atoms with van der Waals surface area (Å²) in [5.74, 6) is -1.56. The van der Waals surface area contributed by atoms with Crippen LogP contribution in [0.5, 0.6) is 0 Å². The Hall–Kier alpha value is -2.63. The van der Waals surface area contributed by atoms with Gasteiger partial charge in [-0.15, -0.1) is 0 Å². The Kier molecular flexibility index (Phi) is 3.56. The summed E-state index contributed by atoms with van der Waals surface area (Å²) in [6.07, 6.45) is 3.15. The number of hydrogen-bond donors (Lipinski definition) is 2. The molecule has 1 heterocycles. The quantitative estimate of drug-likeness (QED) is 0.895. The number of hydrogen-bond acceptors (Lipinski definition) is 3. The lowest BCUT2D eigenvalue weighted by Gasteiger charge is -2.11. The van der Waals surface area contributed by atoms with Crippen molar-refractivity contribution in [1.29, 1.82) is 0 Å². The number of carbonyl (C=O) groups is 2. The van der Waals surface area contributed by atoms with E-state index in [4.69, 9.17) is 0 Å². The fourth-order valence-electron chi connectivity index (χ4n) is 2.06. The van der Waals surface area contributed by atoms with Gasteiger partial charge in [-0.25, -0.2) is 4.79 Å². The average Bonchev–Trinajstić information content (AvgIpc) is 2.76. The van der Waals surface area contributed by atoms with Gasteiger partial charge in [-0.2, -0.15) is 5.10 Å². The zero-order valence-electron chi connectivity index (χ0n) is 11.5. The van der Waals surface area contributed by atoms with Crippen LogP contribution in [-0.2, 0) is 7.05 Å². The van der Waals surface area contributed by atoms with Crippen LogP contribution in [0, 0.1) is 13.8 Å². The molecule has 1 aromatic heterocycles. The Morgan fingerprint density at radius 2 is 1.80 bits per heavy atom. The molecule has 20 heavy (non-hydrogen) atoms. The molecular formula is C14H15N3O3. The molecule has 1 amide bonds. The number of nitrogens with one attached hydrogen (secondary N) is 1. The van der Waals surface area contributed by atoms with E-state index in [1.54, 1.807) is 43.9 Å². The smallest absolute Gasteiger partial charge is 0.336 e. The highest BCUT2D eigenvalue weighted by molar-refractivity contribution is 6.12. The Morgan fingerprint density at radius 1 is 1.20 bits per heavy atom. The molecule has 104 valence electrons. The summed E-state index contributed by atoms with van der Waals surface area (Å²) in [4.78, 5) is 23.7. The van der Waals surface area contributed by atoms with Gasteiger partial charge in [0.15, 0.2) is 0 Å². The maximum absolute atomic E-state index is 12.3. The maximum atomic E-state index is 12.3. The highest BCUT2D eigenvalue weighted by atomic mass is 16.4. The molecule has 0 aliphatic rings. The number of aryl methyl sites for hydroxylation is 3. The number of anilines is 1. The summed E-state index contributed by atoms with van der Waals surface area (Å²) in [6.45, 7) is 3.38. The van der Waals surface area contributed by atoms with Gasteiger partial charge in [-0.3, -0.25) is 9.48 Å². The third-order valence-electron chi connectivity index (χ3n) is 3.03. The molecule has 6 heteroatoms. The van der Waals surface area contributed by atoms with E-state index < -0.39 is 11.9 Å². The van der Waals surface area contributed by atoms with E-state index in [0.717, 1.165) is 0 Å². The monoisotopic (exact) mass is 273 g/mol. The van der Waals surface area contributed by atoms with Crippen LogP contribution in [0.1, 0.15) is 31.8 Å². The van der Waals surface area contributed by atoms with Crippen LogP contribution >= 0.6 is 0 Å². The minimum atomic E-state index is -1.11. The number of aromatic carboxylic acids is 1. The molecule has 0 bridgehead atoms. The van der Waals surface area contributed by atoms with Gasteiger partial charge in [0, 0.05) is 13.2 Å². The number of carboxylic acids is 1. The first-order valence-corrected chi connectivity index (χ1v) is 6.03. The van der Waals surface area contributed by atoms with Crippen LogP contribution in [0.4, 0.5) is 5.69 Å². The van der Waals surface area contributed by atoms with Crippen LogP contribution in [0.15, 0.2) is 24.5 Å². The van der Waals surface area contributed by atoms with Gasteiger partial charge >= 0.3 is 5.97 Å². The largest absolute Gasteiger partial charge is 0.478 e. The number of aromatic nitrogens is 2. The van der Waals surface area contributed by atoms with E-state index in [9.17, 15) is 14.7 Å². The lowest BCUT2D eigenvalue weighted by Crippen LogP contribution is -2.19.